The first-order valence-electron chi connectivity index (χ1n) is 9.73. The standard InChI is InChI=1S/C23H27N3O/c1-15(18-12-9-16-7-5-6-8-19(16)13-18)24-22(27)21-14-20(17-10-11-17)25-26(21)23(2,3)4/h5-9,12-15,17H,10-11H2,1-4H3,(H,24,27). The number of nitrogens with zero attached hydrogens (tertiary/aromatic N) is 2. The predicted molar refractivity (Wildman–Crippen MR) is 109 cm³/mol. The monoisotopic (exact) mass is 361 g/mol. The highest BCUT2D eigenvalue weighted by molar-refractivity contribution is 5.93. The maximum atomic E-state index is 13.0. The van der Waals surface area contributed by atoms with Crippen LogP contribution in [0.1, 0.15) is 74.2 Å². The van der Waals surface area contributed by atoms with Gasteiger partial charge in [0.05, 0.1) is 17.3 Å². The SMILES string of the molecule is CC(NC(=O)c1cc(C2CC2)nn1C(C)(C)C)c1ccc2ccccc2c1. The summed E-state index contributed by atoms with van der Waals surface area (Å²) in [6.07, 6.45) is 2.35. The summed E-state index contributed by atoms with van der Waals surface area (Å²) in [5.41, 5.74) is 2.57. The molecule has 0 aliphatic heterocycles. The molecule has 27 heavy (non-hydrogen) atoms. The number of hydrogen-bond donors (Lipinski definition) is 1. The Morgan fingerprint density at radius 1 is 1.11 bits per heavy atom. The van der Waals surface area contributed by atoms with Gasteiger partial charge in [-0.2, -0.15) is 5.10 Å². The maximum absolute atomic E-state index is 13.0. The molecule has 4 heteroatoms. The van der Waals surface area contributed by atoms with E-state index in [9.17, 15) is 4.79 Å². The zero-order valence-electron chi connectivity index (χ0n) is 16.5. The Morgan fingerprint density at radius 3 is 2.48 bits per heavy atom. The molecule has 1 aromatic heterocycles. The van der Waals surface area contributed by atoms with Crippen LogP contribution in [0.5, 0.6) is 0 Å². The molecule has 140 valence electrons. The number of hydrogen-bond acceptors (Lipinski definition) is 2. The Kier molecular flexibility index (Phi) is 4.29. The van der Waals surface area contributed by atoms with Crippen LogP contribution in [0.25, 0.3) is 10.8 Å². The molecule has 0 bridgehead atoms. The van der Waals surface area contributed by atoms with Gasteiger partial charge in [0.1, 0.15) is 5.69 Å². The maximum Gasteiger partial charge on any atom is 0.270 e. The lowest BCUT2D eigenvalue weighted by Gasteiger charge is -2.23. The first-order valence-corrected chi connectivity index (χ1v) is 9.73. The van der Waals surface area contributed by atoms with E-state index in [1.807, 2.05) is 29.8 Å². The van der Waals surface area contributed by atoms with Gasteiger partial charge >= 0.3 is 0 Å². The minimum absolute atomic E-state index is 0.0648. The molecule has 1 fully saturated rings. The second-order valence-corrected chi connectivity index (χ2v) is 8.61. The van der Waals surface area contributed by atoms with Crippen LogP contribution in [-0.4, -0.2) is 15.7 Å². The summed E-state index contributed by atoms with van der Waals surface area (Å²) in [6.45, 7) is 8.28. The van der Waals surface area contributed by atoms with Gasteiger partial charge in [-0.05, 0) is 69.0 Å². The zero-order valence-corrected chi connectivity index (χ0v) is 16.5. The van der Waals surface area contributed by atoms with Gasteiger partial charge in [0.15, 0.2) is 0 Å². The van der Waals surface area contributed by atoms with Crippen molar-refractivity contribution in [3.8, 4) is 0 Å². The van der Waals surface area contributed by atoms with E-state index in [1.165, 1.54) is 23.6 Å². The molecule has 3 aromatic rings. The van der Waals surface area contributed by atoms with E-state index in [0.29, 0.717) is 11.6 Å². The summed E-state index contributed by atoms with van der Waals surface area (Å²) in [5.74, 6) is 0.461. The van der Waals surface area contributed by atoms with Gasteiger partial charge in [-0.1, -0.05) is 36.4 Å². The zero-order chi connectivity index (χ0) is 19.2. The van der Waals surface area contributed by atoms with Crippen LogP contribution in [0.3, 0.4) is 0 Å². The number of rotatable bonds is 4. The molecular formula is C23H27N3O. The quantitative estimate of drug-likeness (QED) is 0.698. The third-order valence-corrected chi connectivity index (χ3v) is 5.21. The predicted octanol–water partition coefficient (Wildman–Crippen LogP) is 5.16. The van der Waals surface area contributed by atoms with Crippen molar-refractivity contribution in [2.24, 2.45) is 0 Å². The molecule has 2 aromatic carbocycles. The van der Waals surface area contributed by atoms with Gasteiger partial charge in [0.25, 0.3) is 5.91 Å². The molecule has 1 heterocycles. The second-order valence-electron chi connectivity index (χ2n) is 8.61. The Balaban J connectivity index is 1.59. The minimum atomic E-state index is -0.230. The molecule has 1 aliphatic carbocycles. The number of benzene rings is 2. The van der Waals surface area contributed by atoms with E-state index < -0.39 is 0 Å². The summed E-state index contributed by atoms with van der Waals surface area (Å²) in [7, 11) is 0. The van der Waals surface area contributed by atoms with Gasteiger partial charge in [-0.15, -0.1) is 0 Å². The number of aromatic nitrogens is 2. The fraction of sp³-hybridized carbons (Fsp3) is 0.391. The average Bonchev–Trinajstić information content (AvgIpc) is 3.38. The van der Waals surface area contributed by atoms with Crippen LogP contribution in [0.15, 0.2) is 48.5 Å². The van der Waals surface area contributed by atoms with Crippen molar-refractivity contribution in [3.05, 3.63) is 65.5 Å². The lowest BCUT2D eigenvalue weighted by atomic mass is 10.0. The molecule has 1 amide bonds. The van der Waals surface area contributed by atoms with Crippen LogP contribution in [0.2, 0.25) is 0 Å². The van der Waals surface area contributed by atoms with E-state index >= 15 is 0 Å². The first-order chi connectivity index (χ1) is 12.8. The van der Waals surface area contributed by atoms with Crippen molar-refractivity contribution in [1.29, 1.82) is 0 Å². The summed E-state index contributed by atoms with van der Waals surface area (Å²) in [5, 5.41) is 10.3. The molecule has 0 saturated heterocycles. The molecule has 1 N–H and O–H groups in total. The van der Waals surface area contributed by atoms with Crippen molar-refractivity contribution < 1.29 is 4.79 Å². The summed E-state index contributed by atoms with van der Waals surface area (Å²) in [6, 6.07) is 16.5. The molecule has 1 aliphatic rings. The van der Waals surface area contributed by atoms with Gasteiger partial charge in [0.2, 0.25) is 0 Å². The fourth-order valence-electron chi connectivity index (χ4n) is 3.48. The lowest BCUT2D eigenvalue weighted by molar-refractivity contribution is 0.0921. The van der Waals surface area contributed by atoms with Gasteiger partial charge < -0.3 is 5.32 Å². The van der Waals surface area contributed by atoms with Crippen LogP contribution >= 0.6 is 0 Å². The van der Waals surface area contributed by atoms with E-state index in [2.05, 4.69) is 56.4 Å². The highest BCUT2D eigenvalue weighted by atomic mass is 16.2. The molecule has 4 rings (SSSR count). The smallest absolute Gasteiger partial charge is 0.270 e. The number of amides is 1. The van der Waals surface area contributed by atoms with Crippen LogP contribution < -0.4 is 5.32 Å². The van der Waals surface area contributed by atoms with E-state index in [-0.39, 0.29) is 17.5 Å². The molecule has 1 saturated carbocycles. The average molecular weight is 361 g/mol. The summed E-state index contributed by atoms with van der Waals surface area (Å²) in [4.78, 5) is 13.0. The highest BCUT2D eigenvalue weighted by Crippen LogP contribution is 2.40. The Bertz CT molecular complexity index is 992. The van der Waals surface area contributed by atoms with E-state index in [1.54, 1.807) is 0 Å². The molecule has 0 radical (unpaired) electrons. The van der Waals surface area contributed by atoms with Gasteiger partial charge in [-0.25, -0.2) is 0 Å². The second kappa shape index (κ2) is 6.52. The summed E-state index contributed by atoms with van der Waals surface area (Å²) < 4.78 is 1.88. The fourth-order valence-corrected chi connectivity index (χ4v) is 3.48. The number of nitrogens with one attached hydrogen (secondary N) is 1. The van der Waals surface area contributed by atoms with Crippen LogP contribution in [0.4, 0.5) is 0 Å². The Hall–Kier alpha value is -2.62. The third kappa shape index (κ3) is 3.61. The third-order valence-electron chi connectivity index (χ3n) is 5.21. The molecule has 4 nitrogen and oxygen atoms in total. The van der Waals surface area contributed by atoms with Gasteiger partial charge in [0, 0.05) is 5.92 Å². The van der Waals surface area contributed by atoms with Crippen molar-refractivity contribution >= 4 is 16.7 Å². The molecule has 1 atom stereocenters. The Labute approximate surface area is 160 Å². The normalized spacial score (nSPS) is 15.7. The van der Waals surface area contributed by atoms with Gasteiger partial charge in [-0.3, -0.25) is 9.48 Å². The number of carbonyl (C=O) groups is 1. The largest absolute Gasteiger partial charge is 0.344 e. The number of carbonyl (C=O) groups excluding carboxylic acids is 1. The lowest BCUT2D eigenvalue weighted by Crippen LogP contribution is -2.33. The van der Waals surface area contributed by atoms with E-state index in [4.69, 9.17) is 5.10 Å². The highest BCUT2D eigenvalue weighted by Gasteiger charge is 2.31. The summed E-state index contributed by atoms with van der Waals surface area (Å²) >= 11 is 0. The van der Waals surface area contributed by atoms with Crippen molar-refractivity contribution in [2.45, 2.75) is 58.0 Å². The topological polar surface area (TPSA) is 46.9 Å². The van der Waals surface area contributed by atoms with Crippen molar-refractivity contribution in [2.75, 3.05) is 0 Å². The Morgan fingerprint density at radius 2 is 1.81 bits per heavy atom. The van der Waals surface area contributed by atoms with Crippen molar-refractivity contribution in [3.63, 3.8) is 0 Å². The molecule has 0 spiro atoms. The molecule has 1 unspecified atom stereocenters. The molecular weight excluding hydrogens is 334 g/mol. The van der Waals surface area contributed by atoms with Crippen molar-refractivity contribution in [1.82, 2.24) is 15.1 Å². The van der Waals surface area contributed by atoms with Crippen LogP contribution in [-0.2, 0) is 5.54 Å². The minimum Gasteiger partial charge on any atom is -0.344 e. The number of fused-ring (bicyclic) bond motifs is 1. The van der Waals surface area contributed by atoms with E-state index in [0.717, 1.165) is 11.3 Å². The first kappa shape index (κ1) is 17.8. The van der Waals surface area contributed by atoms with Crippen LogP contribution in [0, 0.1) is 0 Å².